The molecule has 0 saturated carbocycles. The van der Waals surface area contributed by atoms with E-state index in [-0.39, 0.29) is 0 Å². The molecule has 0 N–H and O–H groups in total. The van der Waals surface area contributed by atoms with Crippen LogP contribution < -0.4 is 4.74 Å². The first-order chi connectivity index (χ1) is 8.60. The second kappa shape index (κ2) is 5.77. The third-order valence-corrected chi connectivity index (χ3v) is 3.70. The second-order valence-electron chi connectivity index (χ2n) is 4.26. The minimum atomic E-state index is 0.717. The van der Waals surface area contributed by atoms with E-state index in [1.165, 1.54) is 5.56 Å². The highest BCUT2D eigenvalue weighted by atomic mass is 79.9. The number of aryl methyl sites for hydroxylation is 2. The molecular weight excluding hydrogens is 312 g/mol. The molecule has 0 aromatic heterocycles. The summed E-state index contributed by atoms with van der Waals surface area (Å²) in [4.78, 5) is 0. The van der Waals surface area contributed by atoms with Crippen molar-refractivity contribution in [2.75, 3.05) is 0 Å². The summed E-state index contributed by atoms with van der Waals surface area (Å²) in [7, 11) is 0. The third-order valence-electron chi connectivity index (χ3n) is 2.74. The maximum absolute atomic E-state index is 6.16. The standard InChI is InChI=1S/C15H14BrClO/c1-10-3-4-11(2)15(7-10)18-13-6-5-12(9-16)14(17)8-13/h3-8H,9H2,1-2H3. The molecule has 0 aliphatic rings. The lowest BCUT2D eigenvalue weighted by Crippen LogP contribution is -1.89. The van der Waals surface area contributed by atoms with Crippen LogP contribution in [-0.4, -0.2) is 0 Å². The van der Waals surface area contributed by atoms with Crippen molar-refractivity contribution in [3.8, 4) is 11.5 Å². The van der Waals surface area contributed by atoms with Gasteiger partial charge in [0.15, 0.2) is 0 Å². The Morgan fingerprint density at radius 2 is 1.89 bits per heavy atom. The Hall–Kier alpha value is -0.990. The van der Waals surface area contributed by atoms with Crippen LogP contribution in [0.15, 0.2) is 36.4 Å². The van der Waals surface area contributed by atoms with Crippen LogP contribution in [0.3, 0.4) is 0 Å². The van der Waals surface area contributed by atoms with E-state index in [9.17, 15) is 0 Å². The Labute approximate surface area is 121 Å². The highest BCUT2D eigenvalue weighted by Crippen LogP contribution is 2.30. The van der Waals surface area contributed by atoms with Gasteiger partial charge < -0.3 is 4.74 Å². The van der Waals surface area contributed by atoms with Gasteiger partial charge in [-0.3, -0.25) is 0 Å². The van der Waals surface area contributed by atoms with Crippen molar-refractivity contribution in [3.63, 3.8) is 0 Å². The summed E-state index contributed by atoms with van der Waals surface area (Å²) < 4.78 is 5.87. The first-order valence-electron chi connectivity index (χ1n) is 5.69. The largest absolute Gasteiger partial charge is 0.457 e. The van der Waals surface area contributed by atoms with Gasteiger partial charge in [0.05, 0.1) is 0 Å². The lowest BCUT2D eigenvalue weighted by Gasteiger charge is -2.10. The molecule has 0 aliphatic carbocycles. The minimum absolute atomic E-state index is 0.717. The predicted molar refractivity (Wildman–Crippen MR) is 80.1 cm³/mol. The quantitative estimate of drug-likeness (QED) is 0.663. The fraction of sp³-hybridized carbons (Fsp3) is 0.200. The van der Waals surface area contributed by atoms with Crippen molar-refractivity contribution < 1.29 is 4.74 Å². The van der Waals surface area contributed by atoms with E-state index in [1.54, 1.807) is 0 Å². The van der Waals surface area contributed by atoms with Gasteiger partial charge in [-0.25, -0.2) is 0 Å². The van der Waals surface area contributed by atoms with Crippen molar-refractivity contribution in [1.82, 2.24) is 0 Å². The molecule has 0 heterocycles. The molecule has 0 aliphatic heterocycles. The van der Waals surface area contributed by atoms with Crippen LogP contribution in [-0.2, 0) is 5.33 Å². The lowest BCUT2D eigenvalue weighted by atomic mass is 10.1. The summed E-state index contributed by atoms with van der Waals surface area (Å²) in [6.07, 6.45) is 0. The molecule has 0 saturated heterocycles. The van der Waals surface area contributed by atoms with Gasteiger partial charge >= 0.3 is 0 Å². The molecule has 18 heavy (non-hydrogen) atoms. The number of hydrogen-bond acceptors (Lipinski definition) is 1. The SMILES string of the molecule is Cc1ccc(C)c(Oc2ccc(CBr)c(Cl)c2)c1. The molecule has 3 heteroatoms. The molecule has 1 nitrogen and oxygen atoms in total. The zero-order valence-corrected chi connectivity index (χ0v) is 12.7. The number of rotatable bonds is 3. The van der Waals surface area contributed by atoms with Crippen molar-refractivity contribution in [2.45, 2.75) is 19.2 Å². The zero-order chi connectivity index (χ0) is 13.1. The second-order valence-corrected chi connectivity index (χ2v) is 5.23. The number of halogens is 2. The van der Waals surface area contributed by atoms with Crippen LogP contribution in [0.4, 0.5) is 0 Å². The summed E-state index contributed by atoms with van der Waals surface area (Å²) >= 11 is 9.55. The van der Waals surface area contributed by atoms with Crippen molar-refractivity contribution >= 4 is 27.5 Å². The summed E-state index contributed by atoms with van der Waals surface area (Å²) in [6, 6.07) is 11.9. The number of alkyl halides is 1. The number of ether oxygens (including phenoxy) is 1. The van der Waals surface area contributed by atoms with Crippen molar-refractivity contribution in [3.05, 3.63) is 58.1 Å². The van der Waals surface area contributed by atoms with Crippen LogP contribution in [0.1, 0.15) is 16.7 Å². The number of hydrogen-bond donors (Lipinski definition) is 0. The van der Waals surface area contributed by atoms with Gasteiger partial charge in [-0.05, 0) is 48.7 Å². The van der Waals surface area contributed by atoms with Crippen LogP contribution >= 0.6 is 27.5 Å². The van der Waals surface area contributed by atoms with Gasteiger partial charge in [-0.1, -0.05) is 45.7 Å². The summed E-state index contributed by atoms with van der Waals surface area (Å²) in [5, 5.41) is 1.46. The molecule has 0 radical (unpaired) electrons. The van der Waals surface area contributed by atoms with E-state index in [0.717, 1.165) is 33.0 Å². The van der Waals surface area contributed by atoms with Gasteiger partial charge in [0.1, 0.15) is 11.5 Å². The van der Waals surface area contributed by atoms with E-state index in [2.05, 4.69) is 28.1 Å². The van der Waals surface area contributed by atoms with Crippen molar-refractivity contribution in [1.29, 1.82) is 0 Å². The highest BCUT2D eigenvalue weighted by Gasteiger charge is 2.05. The smallest absolute Gasteiger partial charge is 0.130 e. The van der Waals surface area contributed by atoms with E-state index >= 15 is 0 Å². The number of benzene rings is 2. The fourth-order valence-electron chi connectivity index (χ4n) is 1.64. The molecule has 2 aromatic rings. The summed E-state index contributed by atoms with van der Waals surface area (Å²) in [5.74, 6) is 1.64. The normalized spacial score (nSPS) is 10.4. The maximum atomic E-state index is 6.16. The van der Waals surface area contributed by atoms with Gasteiger partial charge in [0, 0.05) is 10.4 Å². The molecule has 2 aromatic carbocycles. The predicted octanol–water partition coefficient (Wildman–Crippen LogP) is 5.64. The van der Waals surface area contributed by atoms with Crippen LogP contribution in [0.5, 0.6) is 11.5 Å². The molecule has 0 fully saturated rings. The van der Waals surface area contributed by atoms with Crippen LogP contribution in [0.25, 0.3) is 0 Å². The molecule has 2 rings (SSSR count). The van der Waals surface area contributed by atoms with E-state index in [4.69, 9.17) is 16.3 Å². The Balaban J connectivity index is 2.28. The van der Waals surface area contributed by atoms with Crippen LogP contribution in [0.2, 0.25) is 5.02 Å². The average molecular weight is 326 g/mol. The molecule has 0 unspecified atom stereocenters. The topological polar surface area (TPSA) is 9.23 Å². The van der Waals surface area contributed by atoms with E-state index in [0.29, 0.717) is 0 Å². The maximum Gasteiger partial charge on any atom is 0.130 e. The molecule has 0 spiro atoms. The Kier molecular flexibility index (Phi) is 4.31. The van der Waals surface area contributed by atoms with Gasteiger partial charge in [-0.15, -0.1) is 0 Å². The van der Waals surface area contributed by atoms with Crippen LogP contribution in [0, 0.1) is 13.8 Å². The first-order valence-corrected chi connectivity index (χ1v) is 7.19. The molecule has 0 bridgehead atoms. The monoisotopic (exact) mass is 324 g/mol. The molecule has 0 amide bonds. The molecule has 94 valence electrons. The Morgan fingerprint density at radius 3 is 2.56 bits per heavy atom. The average Bonchev–Trinajstić information content (AvgIpc) is 2.34. The van der Waals surface area contributed by atoms with Gasteiger partial charge in [0.25, 0.3) is 0 Å². The third kappa shape index (κ3) is 3.06. The Bertz CT molecular complexity index is 566. The lowest BCUT2D eigenvalue weighted by molar-refractivity contribution is 0.478. The highest BCUT2D eigenvalue weighted by molar-refractivity contribution is 9.08. The fourth-order valence-corrected chi connectivity index (χ4v) is 2.53. The van der Waals surface area contributed by atoms with Gasteiger partial charge in [-0.2, -0.15) is 0 Å². The first kappa shape index (κ1) is 13.4. The van der Waals surface area contributed by atoms with E-state index in [1.807, 2.05) is 38.1 Å². The summed E-state index contributed by atoms with van der Waals surface area (Å²) in [6.45, 7) is 4.08. The summed E-state index contributed by atoms with van der Waals surface area (Å²) in [5.41, 5.74) is 3.35. The van der Waals surface area contributed by atoms with Crippen molar-refractivity contribution in [2.24, 2.45) is 0 Å². The zero-order valence-electron chi connectivity index (χ0n) is 10.3. The molecular formula is C15H14BrClO. The van der Waals surface area contributed by atoms with E-state index < -0.39 is 0 Å². The van der Waals surface area contributed by atoms with Gasteiger partial charge in [0.2, 0.25) is 0 Å². The Morgan fingerprint density at radius 1 is 1.11 bits per heavy atom. The molecule has 0 atom stereocenters. The minimum Gasteiger partial charge on any atom is -0.457 e.